The molecular formula is C16H15NO6S. The van der Waals surface area contributed by atoms with Crippen LogP contribution in [0.3, 0.4) is 0 Å². The molecule has 0 spiro atoms. The Morgan fingerprint density at radius 3 is 2.29 bits per heavy atom. The molecule has 1 heterocycles. The van der Waals surface area contributed by atoms with Gasteiger partial charge >= 0.3 is 11.9 Å². The van der Waals surface area contributed by atoms with Gasteiger partial charge in [-0.1, -0.05) is 12.1 Å². The lowest BCUT2D eigenvalue weighted by Crippen LogP contribution is -2.42. The number of carbonyl (C=O) groups is 4. The maximum atomic E-state index is 12.3. The van der Waals surface area contributed by atoms with Crippen LogP contribution in [0.1, 0.15) is 22.8 Å². The summed E-state index contributed by atoms with van der Waals surface area (Å²) in [4.78, 5) is 48.3. The summed E-state index contributed by atoms with van der Waals surface area (Å²) in [6.07, 6.45) is 1.52. The van der Waals surface area contributed by atoms with Gasteiger partial charge in [0.1, 0.15) is 6.04 Å². The second-order valence-corrected chi connectivity index (χ2v) is 5.86. The highest BCUT2D eigenvalue weighted by Crippen LogP contribution is 2.33. The van der Waals surface area contributed by atoms with Crippen molar-refractivity contribution in [3.63, 3.8) is 0 Å². The summed E-state index contributed by atoms with van der Waals surface area (Å²) in [5.41, 5.74) is 1.01. The highest BCUT2D eigenvalue weighted by molar-refractivity contribution is 8.18. The fourth-order valence-corrected chi connectivity index (χ4v) is 2.98. The zero-order valence-electron chi connectivity index (χ0n) is 13.3. The Bertz CT molecular complexity index is 725. The molecule has 2 amide bonds. The predicted molar refractivity (Wildman–Crippen MR) is 87.1 cm³/mol. The van der Waals surface area contributed by atoms with Crippen molar-refractivity contribution in [3.8, 4) is 0 Å². The summed E-state index contributed by atoms with van der Waals surface area (Å²) in [5.74, 6) is -1.69. The highest BCUT2D eigenvalue weighted by atomic mass is 32.2. The normalized spacial score (nSPS) is 17.1. The highest BCUT2D eigenvalue weighted by Gasteiger charge is 2.41. The molecule has 7 nitrogen and oxygen atoms in total. The molecule has 0 aliphatic carbocycles. The van der Waals surface area contributed by atoms with Gasteiger partial charge in [0.2, 0.25) is 0 Å². The van der Waals surface area contributed by atoms with E-state index >= 15 is 0 Å². The van der Waals surface area contributed by atoms with Gasteiger partial charge in [0.15, 0.2) is 0 Å². The fraction of sp³-hybridized carbons (Fsp3) is 0.250. The number of imide groups is 1. The first-order valence-electron chi connectivity index (χ1n) is 6.92. The SMILES string of the molecule is COC(=O)c1ccc(/C=C2/SC(=O)N([C@H](C)C(=O)OC)C2=O)cc1. The summed E-state index contributed by atoms with van der Waals surface area (Å²) in [7, 11) is 2.48. The number of hydrogen-bond acceptors (Lipinski definition) is 7. The van der Waals surface area contributed by atoms with E-state index < -0.39 is 29.1 Å². The fourth-order valence-electron chi connectivity index (χ4n) is 2.07. The monoisotopic (exact) mass is 349 g/mol. The van der Waals surface area contributed by atoms with Crippen LogP contribution in [0.5, 0.6) is 0 Å². The van der Waals surface area contributed by atoms with Crippen LogP contribution >= 0.6 is 11.8 Å². The lowest BCUT2D eigenvalue weighted by atomic mass is 10.1. The van der Waals surface area contributed by atoms with E-state index in [0.717, 1.165) is 16.7 Å². The summed E-state index contributed by atoms with van der Waals surface area (Å²) in [6.45, 7) is 1.43. The van der Waals surface area contributed by atoms with Crippen LogP contribution in [-0.2, 0) is 19.1 Å². The molecular weight excluding hydrogens is 334 g/mol. The Balaban J connectivity index is 2.22. The molecule has 2 rings (SSSR count). The minimum absolute atomic E-state index is 0.196. The molecule has 0 bridgehead atoms. The van der Waals surface area contributed by atoms with Crippen LogP contribution in [0.2, 0.25) is 0 Å². The zero-order valence-corrected chi connectivity index (χ0v) is 14.1. The number of methoxy groups -OCH3 is 2. The van der Waals surface area contributed by atoms with Crippen LogP contribution in [0, 0.1) is 0 Å². The van der Waals surface area contributed by atoms with Crippen LogP contribution in [0.15, 0.2) is 29.2 Å². The molecule has 0 unspecified atom stereocenters. The number of nitrogens with zero attached hydrogens (tertiary/aromatic N) is 1. The first kappa shape index (κ1) is 17.7. The number of rotatable bonds is 4. The van der Waals surface area contributed by atoms with Crippen molar-refractivity contribution in [3.05, 3.63) is 40.3 Å². The third kappa shape index (κ3) is 3.48. The zero-order chi connectivity index (χ0) is 17.9. The van der Waals surface area contributed by atoms with Gasteiger partial charge in [-0.15, -0.1) is 0 Å². The number of ether oxygens (including phenoxy) is 2. The van der Waals surface area contributed by atoms with Gasteiger partial charge in [0.05, 0.1) is 24.7 Å². The average molecular weight is 349 g/mol. The second kappa shape index (κ2) is 7.31. The molecule has 126 valence electrons. The third-order valence-electron chi connectivity index (χ3n) is 3.38. The van der Waals surface area contributed by atoms with Gasteiger partial charge in [-0.2, -0.15) is 0 Å². The van der Waals surface area contributed by atoms with Gasteiger partial charge in [-0.05, 0) is 42.5 Å². The van der Waals surface area contributed by atoms with E-state index in [9.17, 15) is 19.2 Å². The van der Waals surface area contributed by atoms with E-state index in [1.165, 1.54) is 27.2 Å². The van der Waals surface area contributed by atoms with E-state index in [1.807, 2.05) is 0 Å². The number of carbonyl (C=O) groups excluding carboxylic acids is 4. The number of hydrogen-bond donors (Lipinski definition) is 0. The van der Waals surface area contributed by atoms with E-state index in [2.05, 4.69) is 9.47 Å². The Kier molecular flexibility index (Phi) is 5.40. The number of benzene rings is 1. The Morgan fingerprint density at radius 1 is 1.12 bits per heavy atom. The van der Waals surface area contributed by atoms with Crippen molar-refractivity contribution in [2.45, 2.75) is 13.0 Å². The van der Waals surface area contributed by atoms with Crippen LogP contribution in [0.25, 0.3) is 6.08 Å². The minimum atomic E-state index is -0.991. The molecule has 8 heteroatoms. The summed E-state index contributed by atoms with van der Waals surface area (Å²) in [6, 6.07) is 5.38. The van der Waals surface area contributed by atoms with Crippen molar-refractivity contribution in [1.82, 2.24) is 4.90 Å². The lowest BCUT2D eigenvalue weighted by Gasteiger charge is -2.18. The smallest absolute Gasteiger partial charge is 0.337 e. The van der Waals surface area contributed by atoms with Crippen LogP contribution in [-0.4, -0.2) is 48.2 Å². The second-order valence-electron chi connectivity index (χ2n) is 4.86. The Labute approximate surface area is 142 Å². The first-order valence-corrected chi connectivity index (χ1v) is 7.74. The maximum absolute atomic E-state index is 12.3. The van der Waals surface area contributed by atoms with Gasteiger partial charge in [0.25, 0.3) is 11.1 Å². The van der Waals surface area contributed by atoms with Crippen molar-refractivity contribution >= 4 is 40.9 Å². The molecule has 1 saturated heterocycles. The van der Waals surface area contributed by atoms with Gasteiger partial charge in [-0.3, -0.25) is 14.5 Å². The standard InChI is InChI=1S/C16H15NO6S/c1-9(14(19)22-2)17-13(18)12(24-16(17)21)8-10-4-6-11(7-5-10)15(20)23-3/h4-9H,1-3H3/b12-8+/t9-/m1/s1. The number of esters is 2. The summed E-state index contributed by atoms with van der Waals surface area (Å²) >= 11 is 0.747. The molecule has 0 N–H and O–H groups in total. The van der Waals surface area contributed by atoms with Crippen LogP contribution in [0.4, 0.5) is 4.79 Å². The largest absolute Gasteiger partial charge is 0.467 e. The lowest BCUT2D eigenvalue weighted by molar-refractivity contribution is -0.148. The predicted octanol–water partition coefficient (Wildman–Crippen LogP) is 2.07. The van der Waals surface area contributed by atoms with Crippen LogP contribution < -0.4 is 0 Å². The Morgan fingerprint density at radius 2 is 1.75 bits per heavy atom. The van der Waals surface area contributed by atoms with Gasteiger partial charge in [0, 0.05) is 0 Å². The Hall–Kier alpha value is -2.61. The maximum Gasteiger partial charge on any atom is 0.337 e. The molecule has 1 fully saturated rings. The number of amides is 2. The molecule has 1 aromatic carbocycles. The third-order valence-corrected chi connectivity index (χ3v) is 4.27. The van der Waals surface area contributed by atoms with Crippen molar-refractivity contribution in [1.29, 1.82) is 0 Å². The summed E-state index contributed by atoms with van der Waals surface area (Å²) < 4.78 is 9.17. The van der Waals surface area contributed by atoms with Gasteiger partial charge < -0.3 is 9.47 Å². The molecule has 1 aliphatic heterocycles. The topological polar surface area (TPSA) is 90.0 Å². The van der Waals surface area contributed by atoms with E-state index in [0.29, 0.717) is 11.1 Å². The van der Waals surface area contributed by atoms with E-state index in [1.54, 1.807) is 24.3 Å². The average Bonchev–Trinajstić information content (AvgIpc) is 2.87. The van der Waals surface area contributed by atoms with Crippen molar-refractivity contribution in [2.75, 3.05) is 14.2 Å². The van der Waals surface area contributed by atoms with Crippen molar-refractivity contribution in [2.24, 2.45) is 0 Å². The van der Waals surface area contributed by atoms with E-state index in [-0.39, 0.29) is 4.91 Å². The molecule has 0 aromatic heterocycles. The summed E-state index contributed by atoms with van der Waals surface area (Å²) in [5, 5.41) is -0.532. The molecule has 1 aliphatic rings. The number of thioether (sulfide) groups is 1. The molecule has 0 saturated carbocycles. The first-order chi connectivity index (χ1) is 11.4. The molecule has 1 aromatic rings. The molecule has 1 atom stereocenters. The quantitative estimate of drug-likeness (QED) is 0.607. The molecule has 0 radical (unpaired) electrons. The van der Waals surface area contributed by atoms with Gasteiger partial charge in [-0.25, -0.2) is 9.59 Å². The van der Waals surface area contributed by atoms with Crippen molar-refractivity contribution < 1.29 is 28.7 Å². The minimum Gasteiger partial charge on any atom is -0.467 e. The van der Waals surface area contributed by atoms with E-state index in [4.69, 9.17) is 0 Å². The molecule has 24 heavy (non-hydrogen) atoms.